The minimum atomic E-state index is -0.879. The van der Waals surface area contributed by atoms with Crippen LogP contribution in [0.1, 0.15) is 54.6 Å². The lowest BCUT2D eigenvalue weighted by Gasteiger charge is -2.32. The maximum Gasteiger partial charge on any atom is 0.338 e. The van der Waals surface area contributed by atoms with Crippen LogP contribution in [0.15, 0.2) is 41.8 Å². The molecule has 0 aliphatic carbocycles. The van der Waals surface area contributed by atoms with Crippen LogP contribution in [0.5, 0.6) is 0 Å². The Morgan fingerprint density at radius 1 is 0.964 bits per heavy atom. The quantitative estimate of drug-likeness (QED) is 0.705. The van der Waals surface area contributed by atoms with Gasteiger partial charge in [-0.1, -0.05) is 6.07 Å². The normalized spacial score (nSPS) is 12.0. The van der Waals surface area contributed by atoms with E-state index < -0.39 is 12.1 Å². The number of hydrogen-bond acceptors (Lipinski definition) is 5. The van der Waals surface area contributed by atoms with Crippen LogP contribution in [-0.4, -0.2) is 40.9 Å². The second-order valence-corrected chi connectivity index (χ2v) is 7.94. The number of ether oxygens (including phenoxy) is 1. The fraction of sp³-hybridized carbons (Fsp3) is 0.381. The SMILES string of the molecule is CC(C)N(C(=O)[C@H](C)OC(=O)c1ccc(NC(=O)c2cccs2)cc1)C(C)C. The van der Waals surface area contributed by atoms with Gasteiger partial charge < -0.3 is 15.0 Å². The highest BCUT2D eigenvalue weighted by molar-refractivity contribution is 7.12. The number of amides is 2. The third kappa shape index (κ3) is 5.42. The summed E-state index contributed by atoms with van der Waals surface area (Å²) in [5, 5.41) is 4.60. The topological polar surface area (TPSA) is 75.7 Å². The van der Waals surface area contributed by atoms with Gasteiger partial charge in [0, 0.05) is 17.8 Å². The van der Waals surface area contributed by atoms with E-state index in [2.05, 4.69) is 5.32 Å². The monoisotopic (exact) mass is 402 g/mol. The van der Waals surface area contributed by atoms with Crippen LogP contribution in [0.4, 0.5) is 5.69 Å². The van der Waals surface area contributed by atoms with E-state index in [4.69, 9.17) is 4.74 Å². The number of carbonyl (C=O) groups is 3. The van der Waals surface area contributed by atoms with E-state index in [0.29, 0.717) is 16.1 Å². The zero-order valence-corrected chi connectivity index (χ0v) is 17.6. The van der Waals surface area contributed by atoms with Gasteiger partial charge >= 0.3 is 5.97 Å². The van der Waals surface area contributed by atoms with Gasteiger partial charge in [0.2, 0.25) is 0 Å². The van der Waals surface area contributed by atoms with Gasteiger partial charge in [-0.3, -0.25) is 9.59 Å². The first-order valence-electron chi connectivity index (χ1n) is 9.18. The molecule has 2 amide bonds. The van der Waals surface area contributed by atoms with E-state index in [0.717, 1.165) is 0 Å². The molecule has 2 aromatic rings. The number of nitrogens with zero attached hydrogens (tertiary/aromatic N) is 1. The predicted molar refractivity (Wildman–Crippen MR) is 111 cm³/mol. The van der Waals surface area contributed by atoms with E-state index >= 15 is 0 Å². The highest BCUT2D eigenvalue weighted by atomic mass is 32.1. The minimum absolute atomic E-state index is 0.0138. The maximum absolute atomic E-state index is 12.6. The summed E-state index contributed by atoms with van der Waals surface area (Å²) in [4.78, 5) is 39.3. The average molecular weight is 403 g/mol. The molecule has 0 aliphatic rings. The van der Waals surface area contributed by atoms with E-state index in [-0.39, 0.29) is 23.9 Å². The Balaban J connectivity index is 1.98. The van der Waals surface area contributed by atoms with Crippen molar-refractivity contribution in [2.45, 2.75) is 52.8 Å². The van der Waals surface area contributed by atoms with E-state index in [1.54, 1.807) is 48.2 Å². The zero-order valence-electron chi connectivity index (χ0n) is 16.8. The standard InChI is InChI=1S/C21H26N2O4S/c1-13(2)23(14(3)4)20(25)15(5)27-21(26)16-8-10-17(11-9-16)22-19(24)18-7-6-12-28-18/h6-15H,1-5H3,(H,22,24)/t15-/m0/s1. The van der Waals surface area contributed by atoms with Crippen molar-refractivity contribution in [3.05, 3.63) is 52.2 Å². The first-order chi connectivity index (χ1) is 13.2. The second-order valence-electron chi connectivity index (χ2n) is 6.99. The van der Waals surface area contributed by atoms with Crippen molar-refractivity contribution in [2.75, 3.05) is 5.32 Å². The van der Waals surface area contributed by atoms with Gasteiger partial charge in [-0.15, -0.1) is 11.3 Å². The van der Waals surface area contributed by atoms with Crippen LogP contribution >= 0.6 is 11.3 Å². The molecule has 6 nitrogen and oxygen atoms in total. The Labute approximate surface area is 169 Å². The van der Waals surface area contributed by atoms with Crippen LogP contribution in [0, 0.1) is 0 Å². The van der Waals surface area contributed by atoms with Crippen LogP contribution < -0.4 is 5.32 Å². The van der Waals surface area contributed by atoms with Crippen LogP contribution in [0.3, 0.4) is 0 Å². The lowest BCUT2D eigenvalue weighted by molar-refractivity contribution is -0.143. The summed E-state index contributed by atoms with van der Waals surface area (Å²) < 4.78 is 5.34. The lowest BCUT2D eigenvalue weighted by atomic mass is 10.2. The molecule has 0 unspecified atom stereocenters. The van der Waals surface area contributed by atoms with Crippen molar-refractivity contribution in [2.24, 2.45) is 0 Å². The van der Waals surface area contributed by atoms with Crippen molar-refractivity contribution < 1.29 is 19.1 Å². The van der Waals surface area contributed by atoms with Crippen LogP contribution in [0.2, 0.25) is 0 Å². The van der Waals surface area contributed by atoms with Gasteiger partial charge in [-0.25, -0.2) is 4.79 Å². The Kier molecular flexibility index (Phi) is 7.34. The first kappa shape index (κ1) is 21.6. The van der Waals surface area contributed by atoms with Crippen molar-refractivity contribution >= 4 is 34.8 Å². The van der Waals surface area contributed by atoms with E-state index in [1.807, 2.05) is 33.1 Å². The molecule has 0 saturated heterocycles. The molecule has 0 spiro atoms. The molecule has 0 aliphatic heterocycles. The highest BCUT2D eigenvalue weighted by Crippen LogP contribution is 2.16. The fourth-order valence-electron chi connectivity index (χ4n) is 2.88. The highest BCUT2D eigenvalue weighted by Gasteiger charge is 2.27. The lowest BCUT2D eigenvalue weighted by Crippen LogP contribution is -2.47. The summed E-state index contributed by atoms with van der Waals surface area (Å²) in [7, 11) is 0. The van der Waals surface area contributed by atoms with Gasteiger partial charge in [-0.2, -0.15) is 0 Å². The molecule has 0 fully saturated rings. The molecule has 2 rings (SSSR count). The Morgan fingerprint density at radius 2 is 1.57 bits per heavy atom. The Hall–Kier alpha value is -2.67. The number of rotatable bonds is 7. The molecular formula is C21H26N2O4S. The number of nitrogens with one attached hydrogen (secondary N) is 1. The van der Waals surface area contributed by atoms with Crippen LogP contribution in [-0.2, 0) is 9.53 Å². The summed E-state index contributed by atoms with van der Waals surface area (Å²) in [6.45, 7) is 9.28. The number of anilines is 1. The molecule has 1 N–H and O–H groups in total. The van der Waals surface area contributed by atoms with Crippen molar-refractivity contribution in [3.63, 3.8) is 0 Å². The molecular weight excluding hydrogens is 376 g/mol. The van der Waals surface area contributed by atoms with E-state index in [1.165, 1.54) is 11.3 Å². The van der Waals surface area contributed by atoms with Crippen molar-refractivity contribution in [3.8, 4) is 0 Å². The fourth-order valence-corrected chi connectivity index (χ4v) is 3.50. The third-order valence-electron chi connectivity index (χ3n) is 4.12. The van der Waals surface area contributed by atoms with Gasteiger partial charge in [0.1, 0.15) is 0 Å². The van der Waals surface area contributed by atoms with Gasteiger partial charge in [0.25, 0.3) is 11.8 Å². The predicted octanol–water partition coefficient (Wildman–Crippen LogP) is 4.19. The molecule has 1 atom stereocenters. The molecule has 28 heavy (non-hydrogen) atoms. The number of esters is 1. The molecule has 0 saturated carbocycles. The summed E-state index contributed by atoms with van der Waals surface area (Å²) in [6, 6.07) is 9.95. The van der Waals surface area contributed by atoms with E-state index in [9.17, 15) is 14.4 Å². The Morgan fingerprint density at radius 3 is 2.07 bits per heavy atom. The van der Waals surface area contributed by atoms with Crippen molar-refractivity contribution in [1.82, 2.24) is 4.90 Å². The maximum atomic E-state index is 12.6. The Bertz CT molecular complexity index is 805. The molecule has 1 aromatic carbocycles. The molecule has 1 heterocycles. The largest absolute Gasteiger partial charge is 0.449 e. The molecule has 7 heteroatoms. The summed E-state index contributed by atoms with van der Waals surface area (Å²) in [5.74, 6) is -1.00. The number of hydrogen-bond donors (Lipinski definition) is 1. The average Bonchev–Trinajstić information content (AvgIpc) is 3.16. The molecule has 0 bridgehead atoms. The number of carbonyl (C=O) groups excluding carboxylic acids is 3. The molecule has 0 radical (unpaired) electrons. The summed E-state index contributed by atoms with van der Waals surface area (Å²) >= 11 is 1.35. The number of benzene rings is 1. The zero-order chi connectivity index (χ0) is 20.8. The van der Waals surface area contributed by atoms with Crippen molar-refractivity contribution in [1.29, 1.82) is 0 Å². The van der Waals surface area contributed by atoms with Gasteiger partial charge in [-0.05, 0) is 70.3 Å². The number of thiophene rings is 1. The van der Waals surface area contributed by atoms with Gasteiger partial charge in [0.15, 0.2) is 6.10 Å². The van der Waals surface area contributed by atoms with Gasteiger partial charge in [0.05, 0.1) is 10.4 Å². The first-order valence-corrected chi connectivity index (χ1v) is 10.1. The molecule has 150 valence electrons. The second kappa shape index (κ2) is 9.50. The minimum Gasteiger partial charge on any atom is -0.449 e. The third-order valence-corrected chi connectivity index (χ3v) is 4.99. The smallest absolute Gasteiger partial charge is 0.338 e. The summed E-state index contributed by atoms with van der Waals surface area (Å²) in [5.41, 5.74) is 0.888. The molecule has 1 aromatic heterocycles. The summed E-state index contributed by atoms with van der Waals surface area (Å²) in [6.07, 6.45) is -0.879. The van der Waals surface area contributed by atoms with Crippen LogP contribution in [0.25, 0.3) is 0 Å².